The fourth-order valence-corrected chi connectivity index (χ4v) is 5.71. The first-order valence-electron chi connectivity index (χ1n) is 10.6. The highest BCUT2D eigenvalue weighted by Crippen LogP contribution is 2.30. The van der Waals surface area contributed by atoms with E-state index in [1.54, 1.807) is 11.5 Å². The Morgan fingerprint density at radius 1 is 1.21 bits per heavy atom. The van der Waals surface area contributed by atoms with Crippen molar-refractivity contribution in [1.82, 2.24) is 14.5 Å². The van der Waals surface area contributed by atoms with E-state index >= 15 is 0 Å². The van der Waals surface area contributed by atoms with Gasteiger partial charge in [0.05, 0.1) is 16.7 Å². The van der Waals surface area contributed by atoms with E-state index in [9.17, 15) is 14.0 Å². The van der Waals surface area contributed by atoms with Gasteiger partial charge in [0.15, 0.2) is 0 Å². The van der Waals surface area contributed by atoms with Gasteiger partial charge in [0.1, 0.15) is 11.6 Å². The Bertz CT molecular complexity index is 947. The molecule has 29 heavy (non-hydrogen) atoms. The first-order chi connectivity index (χ1) is 14.0. The molecule has 0 N–H and O–H groups in total. The third-order valence-electron chi connectivity index (χ3n) is 6.26. The minimum Gasteiger partial charge on any atom is -0.342 e. The maximum atomic E-state index is 13.4. The van der Waals surface area contributed by atoms with E-state index in [0.717, 1.165) is 25.9 Å². The molecule has 2 fully saturated rings. The number of aromatic nitrogens is 2. The molecule has 0 unspecified atom stereocenters. The molecule has 1 aliphatic heterocycles. The van der Waals surface area contributed by atoms with E-state index in [-0.39, 0.29) is 17.3 Å². The summed E-state index contributed by atoms with van der Waals surface area (Å²) in [5.41, 5.74) is 0.294. The van der Waals surface area contributed by atoms with Crippen LogP contribution in [0.1, 0.15) is 44.3 Å². The van der Waals surface area contributed by atoms with Crippen LogP contribution >= 0.6 is 11.8 Å². The van der Waals surface area contributed by atoms with E-state index < -0.39 is 0 Å². The number of amides is 1. The summed E-state index contributed by atoms with van der Waals surface area (Å²) in [6.45, 7) is 3.91. The van der Waals surface area contributed by atoms with Crippen molar-refractivity contribution < 1.29 is 9.18 Å². The quantitative estimate of drug-likeness (QED) is 0.743. The zero-order valence-corrected chi connectivity index (χ0v) is 17.7. The van der Waals surface area contributed by atoms with Gasteiger partial charge in [-0.3, -0.25) is 14.2 Å². The van der Waals surface area contributed by atoms with Crippen LogP contribution in [-0.4, -0.2) is 44.5 Å². The predicted octanol–water partition coefficient (Wildman–Crippen LogP) is 3.76. The lowest BCUT2D eigenvalue weighted by molar-refractivity contribution is -0.129. The highest BCUT2D eigenvalue weighted by molar-refractivity contribution is 8.00. The van der Waals surface area contributed by atoms with Crippen LogP contribution in [-0.2, 0) is 11.3 Å². The van der Waals surface area contributed by atoms with Gasteiger partial charge in [-0.25, -0.2) is 9.37 Å². The van der Waals surface area contributed by atoms with Crippen LogP contribution < -0.4 is 5.56 Å². The van der Waals surface area contributed by atoms with Gasteiger partial charge >= 0.3 is 0 Å². The summed E-state index contributed by atoms with van der Waals surface area (Å²) < 4.78 is 15.1. The zero-order chi connectivity index (χ0) is 20.4. The number of hydrogen-bond acceptors (Lipinski definition) is 4. The van der Waals surface area contributed by atoms with Crippen molar-refractivity contribution in [1.29, 1.82) is 0 Å². The predicted molar refractivity (Wildman–Crippen MR) is 115 cm³/mol. The van der Waals surface area contributed by atoms with Crippen molar-refractivity contribution in [3.05, 3.63) is 40.2 Å². The SMILES string of the molecule is Cc1nc2cc(F)ccc2c(=O)n1CC1CCN(C(=O)CSC2CCCC2)CC1. The molecule has 1 saturated carbocycles. The van der Waals surface area contributed by atoms with Crippen molar-refractivity contribution in [2.75, 3.05) is 18.8 Å². The van der Waals surface area contributed by atoms with Gasteiger partial charge in [-0.15, -0.1) is 11.8 Å². The van der Waals surface area contributed by atoms with Crippen molar-refractivity contribution in [3.63, 3.8) is 0 Å². The minimum atomic E-state index is -0.385. The molecule has 2 aromatic rings. The van der Waals surface area contributed by atoms with Gasteiger partial charge < -0.3 is 4.90 Å². The molecule has 1 amide bonds. The van der Waals surface area contributed by atoms with Gasteiger partial charge in [-0.1, -0.05) is 12.8 Å². The fourth-order valence-electron chi connectivity index (χ4n) is 4.48. The second-order valence-corrected chi connectivity index (χ2v) is 9.57. The maximum absolute atomic E-state index is 13.4. The number of carbonyl (C=O) groups is 1. The Hall–Kier alpha value is -1.89. The second kappa shape index (κ2) is 8.86. The summed E-state index contributed by atoms with van der Waals surface area (Å²) in [5.74, 6) is 1.42. The molecule has 0 radical (unpaired) electrons. The Morgan fingerprint density at radius 2 is 1.93 bits per heavy atom. The van der Waals surface area contributed by atoms with Gasteiger partial charge in [0, 0.05) is 31.0 Å². The molecule has 0 spiro atoms. The Kier molecular flexibility index (Phi) is 6.23. The largest absolute Gasteiger partial charge is 0.342 e. The molecule has 5 nitrogen and oxygen atoms in total. The monoisotopic (exact) mass is 417 g/mol. The molecule has 2 heterocycles. The molecule has 1 aromatic carbocycles. The van der Waals surface area contributed by atoms with Gasteiger partial charge in [-0.2, -0.15) is 0 Å². The lowest BCUT2D eigenvalue weighted by Gasteiger charge is -2.32. The van der Waals surface area contributed by atoms with E-state index in [0.29, 0.717) is 40.2 Å². The van der Waals surface area contributed by atoms with E-state index in [4.69, 9.17) is 0 Å². The molecular weight excluding hydrogens is 389 g/mol. The topological polar surface area (TPSA) is 55.2 Å². The molecule has 0 bridgehead atoms. The Morgan fingerprint density at radius 3 is 2.66 bits per heavy atom. The number of piperidine rings is 1. The summed E-state index contributed by atoms with van der Waals surface area (Å²) in [5, 5.41) is 1.12. The highest BCUT2D eigenvalue weighted by atomic mass is 32.2. The number of fused-ring (bicyclic) bond motifs is 1. The average Bonchev–Trinajstić information content (AvgIpc) is 3.23. The highest BCUT2D eigenvalue weighted by Gasteiger charge is 2.25. The molecule has 156 valence electrons. The number of likely N-dealkylation sites (tertiary alicyclic amines) is 1. The van der Waals surface area contributed by atoms with Crippen LogP contribution in [0.3, 0.4) is 0 Å². The van der Waals surface area contributed by atoms with E-state index in [2.05, 4.69) is 4.98 Å². The maximum Gasteiger partial charge on any atom is 0.261 e. The van der Waals surface area contributed by atoms with Crippen LogP contribution in [0.2, 0.25) is 0 Å². The van der Waals surface area contributed by atoms with Crippen molar-refractivity contribution in [2.24, 2.45) is 5.92 Å². The Balaban J connectivity index is 1.35. The summed E-state index contributed by atoms with van der Waals surface area (Å²) in [7, 11) is 0. The average molecular weight is 418 g/mol. The molecule has 1 saturated heterocycles. The van der Waals surface area contributed by atoms with Crippen LogP contribution in [0.5, 0.6) is 0 Å². The number of thioether (sulfide) groups is 1. The number of benzene rings is 1. The number of hydrogen-bond donors (Lipinski definition) is 0. The van der Waals surface area contributed by atoms with Crippen molar-refractivity contribution in [2.45, 2.75) is 57.2 Å². The first kappa shape index (κ1) is 20.4. The van der Waals surface area contributed by atoms with E-state index in [1.807, 2.05) is 16.7 Å². The summed E-state index contributed by atoms with van der Waals surface area (Å²) in [6.07, 6.45) is 6.89. The Labute approximate surface area is 174 Å². The molecule has 1 aliphatic carbocycles. The van der Waals surface area contributed by atoms with Gasteiger partial charge in [0.25, 0.3) is 5.56 Å². The summed E-state index contributed by atoms with van der Waals surface area (Å²) in [6, 6.07) is 4.12. The lowest BCUT2D eigenvalue weighted by Crippen LogP contribution is -2.41. The van der Waals surface area contributed by atoms with Gasteiger partial charge in [0.2, 0.25) is 5.91 Å². The molecule has 0 atom stereocenters. The third-order valence-corrected chi connectivity index (χ3v) is 7.62. The summed E-state index contributed by atoms with van der Waals surface area (Å²) in [4.78, 5) is 31.8. The molecule has 1 aromatic heterocycles. The number of halogens is 1. The normalized spacial score (nSPS) is 18.6. The zero-order valence-electron chi connectivity index (χ0n) is 16.9. The second-order valence-electron chi connectivity index (χ2n) is 8.28. The number of aryl methyl sites for hydroxylation is 1. The van der Waals surface area contributed by atoms with Crippen LogP contribution in [0.4, 0.5) is 4.39 Å². The van der Waals surface area contributed by atoms with Crippen LogP contribution in [0.15, 0.2) is 23.0 Å². The number of carbonyl (C=O) groups excluding carboxylic acids is 1. The van der Waals surface area contributed by atoms with Crippen molar-refractivity contribution >= 4 is 28.6 Å². The third kappa shape index (κ3) is 4.65. The van der Waals surface area contributed by atoms with Crippen LogP contribution in [0, 0.1) is 18.7 Å². The van der Waals surface area contributed by atoms with Crippen LogP contribution in [0.25, 0.3) is 10.9 Å². The molecule has 7 heteroatoms. The summed E-state index contributed by atoms with van der Waals surface area (Å²) >= 11 is 1.82. The first-order valence-corrected chi connectivity index (χ1v) is 11.6. The fraction of sp³-hybridized carbons (Fsp3) is 0.591. The molecule has 4 rings (SSSR count). The number of nitrogens with zero attached hydrogens (tertiary/aromatic N) is 3. The standard InChI is InChI=1S/C22H28FN3O2S/c1-15-24-20-12-17(23)6-7-19(20)22(28)26(15)13-16-8-10-25(11-9-16)21(27)14-29-18-4-2-3-5-18/h6-7,12,16,18H,2-5,8-11,13-14H2,1H3. The molecular formula is C22H28FN3O2S. The smallest absolute Gasteiger partial charge is 0.261 e. The van der Waals surface area contributed by atoms with Gasteiger partial charge in [-0.05, 0) is 50.7 Å². The number of rotatable bonds is 5. The van der Waals surface area contributed by atoms with Crippen molar-refractivity contribution in [3.8, 4) is 0 Å². The lowest BCUT2D eigenvalue weighted by atomic mass is 9.96. The molecule has 2 aliphatic rings. The van der Waals surface area contributed by atoms with E-state index in [1.165, 1.54) is 43.9 Å². The minimum absolute atomic E-state index is 0.112.